The Kier molecular flexibility index (Phi) is 10.7. The molecule has 43 heavy (non-hydrogen) atoms. The van der Waals surface area contributed by atoms with Gasteiger partial charge in [-0.2, -0.15) is 5.26 Å². The van der Waals surface area contributed by atoms with Crippen LogP contribution in [0.2, 0.25) is 0 Å². The Hall–Kier alpha value is -2.99. The van der Waals surface area contributed by atoms with E-state index in [2.05, 4.69) is 21.9 Å². The number of benzene rings is 2. The molecule has 8 heteroatoms. The number of hydrogen-bond donors (Lipinski definition) is 0. The molecule has 0 radical (unpaired) electrons. The molecule has 1 aliphatic carbocycles. The molecule has 3 fully saturated rings. The van der Waals surface area contributed by atoms with Crippen LogP contribution >= 0.6 is 0 Å². The maximum Gasteiger partial charge on any atom is 0.305 e. The van der Waals surface area contributed by atoms with Gasteiger partial charge in [-0.25, -0.2) is 4.39 Å². The van der Waals surface area contributed by atoms with E-state index in [0.29, 0.717) is 30.4 Å². The second-order valence-corrected chi connectivity index (χ2v) is 12.6. The quantitative estimate of drug-likeness (QED) is 0.288. The van der Waals surface area contributed by atoms with Gasteiger partial charge in [0, 0.05) is 32.0 Å². The lowest BCUT2D eigenvalue weighted by Gasteiger charge is -2.54. The number of ether oxygens (including phenoxy) is 3. The smallest absolute Gasteiger partial charge is 0.305 e. The van der Waals surface area contributed by atoms with Crippen LogP contribution in [-0.2, 0) is 19.7 Å². The normalized spacial score (nSPS) is 23.6. The Labute approximate surface area is 255 Å². The molecule has 2 aromatic carbocycles. The van der Waals surface area contributed by atoms with E-state index in [1.54, 1.807) is 31.4 Å². The van der Waals surface area contributed by atoms with Crippen LogP contribution in [0, 0.1) is 34.9 Å². The standard InChI is InChI=1S/C35H46FN3O4/c1-41-32(24-43-31-12-10-26(22-37)11-13-31)23-38-18-14-28(15-19-38)35(25-39-16-5-17-39,29-7-4-8-30(36)21-29)33-9-3-6-27(33)20-34(40)42-2/h4,7-8,10-13,21,27-28,32-33H,3,5-6,9,14-20,23-25H2,1-2H3/t27-,32?,33+,35+/m1/s1. The van der Waals surface area contributed by atoms with E-state index < -0.39 is 0 Å². The van der Waals surface area contributed by atoms with E-state index in [0.717, 1.165) is 82.7 Å². The summed E-state index contributed by atoms with van der Waals surface area (Å²) in [7, 11) is 3.20. The van der Waals surface area contributed by atoms with Crippen molar-refractivity contribution >= 4 is 5.97 Å². The van der Waals surface area contributed by atoms with Gasteiger partial charge < -0.3 is 24.0 Å². The predicted octanol–water partition coefficient (Wildman–Crippen LogP) is 5.43. The molecule has 7 nitrogen and oxygen atoms in total. The first-order valence-electron chi connectivity index (χ1n) is 15.9. The molecule has 2 heterocycles. The minimum Gasteiger partial charge on any atom is -0.491 e. The molecular weight excluding hydrogens is 545 g/mol. The van der Waals surface area contributed by atoms with Crippen LogP contribution in [0.1, 0.15) is 56.1 Å². The molecule has 2 aromatic rings. The highest BCUT2D eigenvalue weighted by molar-refractivity contribution is 5.69. The topological polar surface area (TPSA) is 75.0 Å². The zero-order valence-electron chi connectivity index (χ0n) is 25.7. The van der Waals surface area contributed by atoms with Gasteiger partial charge in [0.05, 0.1) is 18.7 Å². The lowest BCUT2D eigenvalue weighted by Crippen LogP contribution is -2.57. The summed E-state index contributed by atoms with van der Waals surface area (Å²) < 4.78 is 31.8. The van der Waals surface area contributed by atoms with E-state index in [9.17, 15) is 9.18 Å². The average molecular weight is 592 g/mol. The third kappa shape index (κ3) is 7.39. The van der Waals surface area contributed by atoms with Crippen molar-refractivity contribution in [3.05, 3.63) is 65.5 Å². The van der Waals surface area contributed by atoms with Crippen molar-refractivity contribution in [2.45, 2.75) is 56.5 Å². The average Bonchev–Trinajstić information content (AvgIpc) is 3.48. The van der Waals surface area contributed by atoms with Crippen LogP contribution in [-0.4, -0.2) is 82.0 Å². The van der Waals surface area contributed by atoms with Crippen molar-refractivity contribution in [3.8, 4) is 11.8 Å². The fourth-order valence-electron chi connectivity index (χ4n) is 7.96. The highest BCUT2D eigenvalue weighted by Gasteiger charge is 2.52. The molecule has 2 saturated heterocycles. The Balaban J connectivity index is 1.33. The highest BCUT2D eigenvalue weighted by Crippen LogP contribution is 2.54. The SMILES string of the molecule is COC(=O)C[C@H]1CCC[C@@H]1[C@](CN1CCC1)(c1cccc(F)c1)C1CCN(CC(COc2ccc(C#N)cc2)OC)CC1. The van der Waals surface area contributed by atoms with Crippen molar-refractivity contribution < 1.29 is 23.4 Å². The minimum absolute atomic E-state index is 0.0828. The molecule has 0 amide bonds. The number of carbonyl (C=O) groups is 1. The molecule has 4 atom stereocenters. The molecule has 3 aliphatic rings. The maximum absolute atomic E-state index is 14.9. The van der Waals surface area contributed by atoms with Gasteiger partial charge in [0.15, 0.2) is 0 Å². The first kappa shape index (κ1) is 31.4. The zero-order chi connectivity index (χ0) is 30.2. The van der Waals surface area contributed by atoms with Gasteiger partial charge in [0.1, 0.15) is 24.3 Å². The number of likely N-dealkylation sites (tertiary alicyclic amines) is 2. The van der Waals surface area contributed by atoms with Gasteiger partial charge in [-0.05, 0) is 118 Å². The number of nitrogens with zero attached hydrogens (tertiary/aromatic N) is 3. The molecule has 5 rings (SSSR count). The van der Waals surface area contributed by atoms with E-state index in [-0.39, 0.29) is 29.2 Å². The summed E-state index contributed by atoms with van der Waals surface area (Å²) in [6.07, 6.45) is 6.76. The number of carbonyl (C=O) groups excluding carboxylic acids is 1. The van der Waals surface area contributed by atoms with Crippen LogP contribution in [0.3, 0.4) is 0 Å². The van der Waals surface area contributed by atoms with Gasteiger partial charge in [0.25, 0.3) is 0 Å². The van der Waals surface area contributed by atoms with Gasteiger partial charge in [0.2, 0.25) is 0 Å². The zero-order valence-corrected chi connectivity index (χ0v) is 25.7. The third-order valence-corrected chi connectivity index (χ3v) is 10.3. The van der Waals surface area contributed by atoms with E-state index in [4.69, 9.17) is 19.5 Å². The number of esters is 1. The first-order chi connectivity index (χ1) is 20.9. The second kappa shape index (κ2) is 14.7. The molecule has 1 unspecified atom stereocenters. The number of nitriles is 1. The summed E-state index contributed by atoms with van der Waals surface area (Å²) >= 11 is 0. The molecule has 0 bridgehead atoms. The van der Waals surface area contributed by atoms with Gasteiger partial charge in [-0.15, -0.1) is 0 Å². The Morgan fingerprint density at radius 1 is 1.02 bits per heavy atom. The van der Waals surface area contributed by atoms with Crippen molar-refractivity contribution in [2.75, 3.05) is 60.1 Å². The lowest BCUT2D eigenvalue weighted by atomic mass is 9.56. The van der Waals surface area contributed by atoms with Crippen molar-refractivity contribution in [1.29, 1.82) is 5.26 Å². The van der Waals surface area contributed by atoms with Gasteiger partial charge in [-0.3, -0.25) is 4.79 Å². The number of piperidine rings is 1. The predicted molar refractivity (Wildman–Crippen MR) is 163 cm³/mol. The maximum atomic E-state index is 14.9. The summed E-state index contributed by atoms with van der Waals surface area (Å²) in [6, 6.07) is 16.6. The highest BCUT2D eigenvalue weighted by atomic mass is 19.1. The molecular formula is C35H46FN3O4. The lowest BCUT2D eigenvalue weighted by molar-refractivity contribution is -0.142. The molecule has 2 aliphatic heterocycles. The van der Waals surface area contributed by atoms with Gasteiger partial charge >= 0.3 is 5.97 Å². The largest absolute Gasteiger partial charge is 0.491 e. The van der Waals surface area contributed by atoms with Crippen LogP contribution in [0.5, 0.6) is 5.75 Å². The Bertz CT molecular complexity index is 1240. The molecule has 0 N–H and O–H groups in total. The van der Waals surface area contributed by atoms with E-state index in [1.165, 1.54) is 13.5 Å². The van der Waals surface area contributed by atoms with E-state index >= 15 is 0 Å². The van der Waals surface area contributed by atoms with Crippen molar-refractivity contribution in [2.24, 2.45) is 17.8 Å². The van der Waals surface area contributed by atoms with E-state index in [1.807, 2.05) is 18.2 Å². The fraction of sp³-hybridized carbons (Fsp3) is 0.600. The van der Waals surface area contributed by atoms with Crippen molar-refractivity contribution in [1.82, 2.24) is 9.80 Å². The van der Waals surface area contributed by atoms with Gasteiger partial charge in [-0.1, -0.05) is 18.6 Å². The third-order valence-electron chi connectivity index (χ3n) is 10.3. The second-order valence-electron chi connectivity index (χ2n) is 12.6. The van der Waals surface area contributed by atoms with Crippen LogP contribution < -0.4 is 4.74 Å². The van der Waals surface area contributed by atoms with Crippen LogP contribution in [0.25, 0.3) is 0 Å². The molecule has 1 saturated carbocycles. The molecule has 0 aromatic heterocycles. The molecule has 232 valence electrons. The van der Waals surface area contributed by atoms with Crippen LogP contribution in [0.15, 0.2) is 48.5 Å². The monoisotopic (exact) mass is 591 g/mol. The van der Waals surface area contributed by atoms with Crippen LogP contribution in [0.4, 0.5) is 4.39 Å². The summed E-state index contributed by atoms with van der Waals surface area (Å²) in [4.78, 5) is 17.5. The number of hydrogen-bond acceptors (Lipinski definition) is 7. The summed E-state index contributed by atoms with van der Waals surface area (Å²) in [5.74, 6) is 1.33. The minimum atomic E-state index is -0.219. The summed E-state index contributed by atoms with van der Waals surface area (Å²) in [5.41, 5.74) is 1.49. The summed E-state index contributed by atoms with van der Waals surface area (Å²) in [6.45, 7) is 6.16. The number of rotatable bonds is 13. The number of halogens is 1. The Morgan fingerprint density at radius 3 is 2.42 bits per heavy atom. The first-order valence-corrected chi connectivity index (χ1v) is 15.9. The molecule has 0 spiro atoms. The Morgan fingerprint density at radius 2 is 1.79 bits per heavy atom. The number of methoxy groups -OCH3 is 2. The van der Waals surface area contributed by atoms with Crippen molar-refractivity contribution in [3.63, 3.8) is 0 Å². The fourth-order valence-corrected chi connectivity index (χ4v) is 7.96. The summed E-state index contributed by atoms with van der Waals surface area (Å²) in [5, 5.41) is 9.04.